The lowest BCUT2D eigenvalue weighted by Gasteiger charge is -2.17. The molecule has 1 aromatic carbocycles. The summed E-state index contributed by atoms with van der Waals surface area (Å²) in [5.74, 6) is -0.0582. The molecule has 0 aliphatic rings. The summed E-state index contributed by atoms with van der Waals surface area (Å²) in [7, 11) is 1.78. The van der Waals surface area contributed by atoms with Crippen LogP contribution in [0.1, 0.15) is 15.4 Å². The number of likely N-dealkylation sites (N-methyl/N-ethyl adjacent to an activating group) is 1. The molecule has 5 heteroatoms. The van der Waals surface area contributed by atoms with E-state index in [1.54, 1.807) is 41.6 Å². The molecule has 18 heavy (non-hydrogen) atoms. The van der Waals surface area contributed by atoms with Crippen molar-refractivity contribution in [2.24, 2.45) is 0 Å². The van der Waals surface area contributed by atoms with Gasteiger partial charge in [-0.05, 0) is 12.1 Å². The number of benzene rings is 1. The van der Waals surface area contributed by atoms with Crippen LogP contribution >= 0.6 is 22.9 Å². The minimum Gasteiger partial charge on any atom is -0.341 e. The summed E-state index contributed by atoms with van der Waals surface area (Å²) in [6, 6.07) is 7.09. The highest BCUT2D eigenvalue weighted by Gasteiger charge is 2.14. The van der Waals surface area contributed by atoms with Crippen molar-refractivity contribution in [1.82, 2.24) is 9.88 Å². The fourth-order valence-electron chi connectivity index (χ4n) is 1.58. The molecule has 0 N–H and O–H groups in total. The number of rotatable bonds is 4. The Morgan fingerprint density at radius 1 is 1.44 bits per heavy atom. The van der Waals surface area contributed by atoms with Gasteiger partial charge in [-0.3, -0.25) is 4.79 Å². The van der Waals surface area contributed by atoms with Crippen molar-refractivity contribution in [3.63, 3.8) is 0 Å². The molecule has 0 radical (unpaired) electrons. The average molecular weight is 281 g/mol. The van der Waals surface area contributed by atoms with E-state index in [1.165, 1.54) is 0 Å². The first-order valence-electron chi connectivity index (χ1n) is 5.57. The molecule has 94 valence electrons. The summed E-state index contributed by atoms with van der Waals surface area (Å²) >= 11 is 7.61. The Morgan fingerprint density at radius 2 is 2.22 bits per heavy atom. The van der Waals surface area contributed by atoms with Crippen molar-refractivity contribution >= 4 is 28.8 Å². The molecule has 2 aromatic rings. The molecule has 1 aromatic heterocycles. The maximum absolute atomic E-state index is 12.1. The van der Waals surface area contributed by atoms with Crippen molar-refractivity contribution < 1.29 is 4.79 Å². The predicted molar refractivity (Wildman–Crippen MR) is 74.2 cm³/mol. The number of aromatic nitrogens is 1. The van der Waals surface area contributed by atoms with Crippen LogP contribution in [0.5, 0.6) is 0 Å². The maximum Gasteiger partial charge on any atom is 0.255 e. The molecule has 0 spiro atoms. The molecule has 0 saturated carbocycles. The van der Waals surface area contributed by atoms with Crippen LogP contribution in [-0.2, 0) is 6.42 Å². The van der Waals surface area contributed by atoms with Crippen molar-refractivity contribution in [2.75, 3.05) is 13.6 Å². The Kier molecular flexibility index (Phi) is 4.33. The number of carbonyl (C=O) groups is 1. The van der Waals surface area contributed by atoms with Crippen LogP contribution < -0.4 is 0 Å². The van der Waals surface area contributed by atoms with Gasteiger partial charge in [-0.15, -0.1) is 11.3 Å². The number of thiazole rings is 1. The summed E-state index contributed by atoms with van der Waals surface area (Å²) in [6.45, 7) is 0.636. The normalized spacial score (nSPS) is 10.3. The van der Waals surface area contributed by atoms with Crippen molar-refractivity contribution in [3.8, 4) is 0 Å². The molecule has 0 aliphatic heterocycles. The van der Waals surface area contributed by atoms with E-state index < -0.39 is 0 Å². The fraction of sp³-hybridized carbons (Fsp3) is 0.231. The third-order valence-electron chi connectivity index (χ3n) is 2.60. The number of nitrogens with zero attached hydrogens (tertiary/aromatic N) is 2. The van der Waals surface area contributed by atoms with E-state index in [4.69, 9.17) is 11.6 Å². The second kappa shape index (κ2) is 5.98. The molecular weight excluding hydrogens is 268 g/mol. The summed E-state index contributed by atoms with van der Waals surface area (Å²) in [5.41, 5.74) is 0.542. The van der Waals surface area contributed by atoms with Crippen molar-refractivity contribution in [1.29, 1.82) is 0 Å². The average Bonchev–Trinajstić information content (AvgIpc) is 2.89. The van der Waals surface area contributed by atoms with Crippen LogP contribution in [-0.4, -0.2) is 29.4 Å². The van der Waals surface area contributed by atoms with Crippen LogP contribution in [0.25, 0.3) is 0 Å². The topological polar surface area (TPSA) is 33.2 Å². The summed E-state index contributed by atoms with van der Waals surface area (Å²) in [6.07, 6.45) is 2.54. The fourth-order valence-corrected chi connectivity index (χ4v) is 2.41. The first-order chi connectivity index (χ1) is 8.68. The zero-order valence-corrected chi connectivity index (χ0v) is 11.5. The standard InChI is InChI=1S/C13H13ClN2OS/c1-16(8-6-12-15-7-9-18-12)13(17)10-4-2-3-5-11(10)14/h2-5,7,9H,6,8H2,1H3. The molecule has 1 amide bonds. The van der Waals surface area contributed by atoms with E-state index >= 15 is 0 Å². The molecule has 0 unspecified atom stereocenters. The molecule has 2 rings (SSSR count). The van der Waals surface area contributed by atoms with Crippen LogP contribution in [0.4, 0.5) is 0 Å². The zero-order valence-electron chi connectivity index (χ0n) is 9.97. The maximum atomic E-state index is 12.1. The second-order valence-corrected chi connectivity index (χ2v) is 5.27. The van der Waals surface area contributed by atoms with E-state index in [0.29, 0.717) is 17.1 Å². The molecule has 1 heterocycles. The molecule has 0 aliphatic carbocycles. The number of hydrogen-bond donors (Lipinski definition) is 0. The summed E-state index contributed by atoms with van der Waals surface area (Å²) < 4.78 is 0. The largest absolute Gasteiger partial charge is 0.341 e. The Labute approximate surface area is 115 Å². The van der Waals surface area contributed by atoms with Crippen LogP contribution in [0, 0.1) is 0 Å². The lowest BCUT2D eigenvalue weighted by molar-refractivity contribution is 0.0797. The lowest BCUT2D eigenvalue weighted by atomic mass is 10.2. The molecule has 0 bridgehead atoms. The van der Waals surface area contributed by atoms with Gasteiger partial charge in [0.2, 0.25) is 0 Å². The lowest BCUT2D eigenvalue weighted by Crippen LogP contribution is -2.29. The van der Waals surface area contributed by atoms with Gasteiger partial charge < -0.3 is 4.90 Å². The van der Waals surface area contributed by atoms with Gasteiger partial charge in [-0.25, -0.2) is 4.98 Å². The van der Waals surface area contributed by atoms with Gasteiger partial charge in [-0.2, -0.15) is 0 Å². The van der Waals surface area contributed by atoms with E-state index in [2.05, 4.69) is 4.98 Å². The quantitative estimate of drug-likeness (QED) is 0.862. The smallest absolute Gasteiger partial charge is 0.255 e. The number of hydrogen-bond acceptors (Lipinski definition) is 3. The summed E-state index contributed by atoms with van der Waals surface area (Å²) in [5, 5.41) is 3.46. The predicted octanol–water partition coefficient (Wildman–Crippen LogP) is 3.11. The van der Waals surface area contributed by atoms with Crippen LogP contribution in [0.15, 0.2) is 35.8 Å². The van der Waals surface area contributed by atoms with Gasteiger partial charge >= 0.3 is 0 Å². The van der Waals surface area contributed by atoms with Gasteiger partial charge in [0.15, 0.2) is 0 Å². The van der Waals surface area contributed by atoms with Crippen LogP contribution in [0.3, 0.4) is 0 Å². The van der Waals surface area contributed by atoms with Crippen molar-refractivity contribution in [3.05, 3.63) is 51.4 Å². The zero-order chi connectivity index (χ0) is 13.0. The monoisotopic (exact) mass is 280 g/mol. The van der Waals surface area contributed by atoms with Crippen LogP contribution in [0.2, 0.25) is 5.02 Å². The minimum absolute atomic E-state index is 0.0582. The molecule has 3 nitrogen and oxygen atoms in total. The Bertz CT molecular complexity index is 528. The Balaban J connectivity index is 1.99. The van der Waals surface area contributed by atoms with Gasteiger partial charge in [-0.1, -0.05) is 23.7 Å². The number of amides is 1. The van der Waals surface area contributed by atoms with Gasteiger partial charge in [0.1, 0.15) is 0 Å². The van der Waals surface area contributed by atoms with Crippen molar-refractivity contribution in [2.45, 2.75) is 6.42 Å². The van der Waals surface area contributed by atoms with E-state index in [0.717, 1.165) is 11.4 Å². The molecule has 0 saturated heterocycles. The van der Waals surface area contributed by atoms with E-state index in [9.17, 15) is 4.79 Å². The highest BCUT2D eigenvalue weighted by molar-refractivity contribution is 7.09. The Morgan fingerprint density at radius 3 is 2.89 bits per heavy atom. The van der Waals surface area contributed by atoms with E-state index in [1.807, 2.05) is 17.5 Å². The van der Waals surface area contributed by atoms with Gasteiger partial charge in [0.05, 0.1) is 15.6 Å². The minimum atomic E-state index is -0.0582. The van der Waals surface area contributed by atoms with Gasteiger partial charge in [0.25, 0.3) is 5.91 Å². The van der Waals surface area contributed by atoms with E-state index in [-0.39, 0.29) is 5.91 Å². The third kappa shape index (κ3) is 3.09. The number of halogens is 1. The van der Waals surface area contributed by atoms with Gasteiger partial charge in [0, 0.05) is 31.6 Å². The number of carbonyl (C=O) groups excluding carboxylic acids is 1. The first-order valence-corrected chi connectivity index (χ1v) is 6.82. The third-order valence-corrected chi connectivity index (χ3v) is 3.76. The SMILES string of the molecule is CN(CCc1nccs1)C(=O)c1ccccc1Cl. The molecule has 0 atom stereocenters. The summed E-state index contributed by atoms with van der Waals surface area (Å²) in [4.78, 5) is 18.0. The Hall–Kier alpha value is -1.39. The highest BCUT2D eigenvalue weighted by Crippen LogP contribution is 2.16. The highest BCUT2D eigenvalue weighted by atomic mass is 35.5. The second-order valence-electron chi connectivity index (χ2n) is 3.88. The molecular formula is C13H13ClN2OS. The first kappa shape index (κ1) is 13.1. The molecule has 0 fully saturated rings.